The van der Waals surface area contributed by atoms with Gasteiger partial charge in [0, 0.05) is 6.54 Å². The second kappa shape index (κ2) is 6.02. The molecule has 1 aromatic rings. The highest BCUT2D eigenvalue weighted by Gasteiger charge is 2.06. The average molecular weight is 257 g/mol. The zero-order chi connectivity index (χ0) is 12.9. The van der Waals surface area contributed by atoms with E-state index in [9.17, 15) is 8.42 Å². The minimum absolute atomic E-state index is 0.100. The van der Waals surface area contributed by atoms with Crippen LogP contribution in [0.25, 0.3) is 0 Å². The number of hydrogen-bond acceptors (Lipinski definition) is 3. The summed E-state index contributed by atoms with van der Waals surface area (Å²) in [6.07, 6.45) is 0. The molecule has 0 atom stereocenters. The molecule has 4 nitrogen and oxygen atoms in total. The first-order valence-electron chi connectivity index (χ1n) is 5.68. The molecule has 0 saturated carbocycles. The summed E-state index contributed by atoms with van der Waals surface area (Å²) < 4.78 is 30.5. The van der Waals surface area contributed by atoms with E-state index in [1.807, 2.05) is 32.0 Å². The average Bonchev–Trinajstić information content (AvgIpc) is 2.30. The molecule has 0 spiro atoms. The van der Waals surface area contributed by atoms with Gasteiger partial charge in [-0.05, 0) is 38.0 Å². The Kier molecular flexibility index (Phi) is 4.96. The zero-order valence-corrected chi connectivity index (χ0v) is 11.3. The summed E-state index contributed by atoms with van der Waals surface area (Å²) >= 11 is 0. The first kappa shape index (κ1) is 14.0. The molecule has 0 saturated heterocycles. The molecule has 0 bridgehead atoms. The first-order chi connectivity index (χ1) is 7.98. The van der Waals surface area contributed by atoms with Crippen LogP contribution in [-0.4, -0.2) is 20.8 Å². The van der Waals surface area contributed by atoms with Gasteiger partial charge in [0.2, 0.25) is 10.0 Å². The van der Waals surface area contributed by atoms with E-state index in [4.69, 9.17) is 4.74 Å². The molecule has 0 aliphatic heterocycles. The number of aryl methyl sites for hydroxylation is 1. The molecule has 5 heteroatoms. The summed E-state index contributed by atoms with van der Waals surface area (Å²) in [6.45, 7) is 6.45. The molecule has 1 aromatic carbocycles. The number of hydrogen-bond donors (Lipinski definition) is 1. The Balaban J connectivity index is 2.71. The maximum atomic E-state index is 11.3. The van der Waals surface area contributed by atoms with E-state index in [2.05, 4.69) is 4.72 Å². The van der Waals surface area contributed by atoms with Crippen LogP contribution in [0, 0.1) is 6.92 Å². The molecule has 0 heterocycles. The Morgan fingerprint density at radius 3 is 2.53 bits per heavy atom. The summed E-state index contributed by atoms with van der Waals surface area (Å²) in [4.78, 5) is 0. The van der Waals surface area contributed by atoms with Crippen LogP contribution < -0.4 is 9.46 Å². The van der Waals surface area contributed by atoms with Gasteiger partial charge in [-0.15, -0.1) is 0 Å². The lowest BCUT2D eigenvalue weighted by atomic mass is 10.1. The summed E-state index contributed by atoms with van der Waals surface area (Å²) in [6, 6.07) is 5.67. The third-order valence-corrected chi connectivity index (χ3v) is 3.76. The van der Waals surface area contributed by atoms with Crippen molar-refractivity contribution >= 4 is 10.0 Å². The van der Waals surface area contributed by atoms with Crippen molar-refractivity contribution in [2.45, 2.75) is 27.3 Å². The molecule has 0 aliphatic rings. The van der Waals surface area contributed by atoms with E-state index in [-0.39, 0.29) is 5.75 Å². The smallest absolute Gasteiger partial charge is 0.211 e. The van der Waals surface area contributed by atoms with E-state index >= 15 is 0 Å². The van der Waals surface area contributed by atoms with Crippen molar-refractivity contribution in [3.63, 3.8) is 0 Å². The maximum Gasteiger partial charge on any atom is 0.211 e. The van der Waals surface area contributed by atoms with Gasteiger partial charge in [-0.1, -0.05) is 12.1 Å². The van der Waals surface area contributed by atoms with Crippen molar-refractivity contribution in [2.24, 2.45) is 0 Å². The first-order valence-corrected chi connectivity index (χ1v) is 7.33. The Bertz CT molecular complexity index is 469. The van der Waals surface area contributed by atoms with Gasteiger partial charge in [0.1, 0.15) is 5.75 Å². The van der Waals surface area contributed by atoms with Gasteiger partial charge < -0.3 is 4.74 Å². The van der Waals surface area contributed by atoms with Gasteiger partial charge in [0.05, 0.1) is 12.4 Å². The predicted octanol–water partition coefficient (Wildman–Crippen LogP) is 1.83. The van der Waals surface area contributed by atoms with Crippen LogP contribution in [0.4, 0.5) is 0 Å². The minimum atomic E-state index is -3.13. The Hall–Kier alpha value is -1.07. The molecule has 0 fully saturated rings. The van der Waals surface area contributed by atoms with Crippen LogP contribution in [0.2, 0.25) is 0 Å². The van der Waals surface area contributed by atoms with Gasteiger partial charge in [0.25, 0.3) is 0 Å². The molecular weight excluding hydrogens is 238 g/mol. The van der Waals surface area contributed by atoms with Crippen molar-refractivity contribution in [2.75, 3.05) is 12.4 Å². The standard InChI is InChI=1S/C12H19NO3S/c1-4-16-12-7-6-11(8-10(12)3)9-13-17(14,15)5-2/h6-8,13H,4-5,9H2,1-3H3. The molecule has 0 aromatic heterocycles. The van der Waals surface area contributed by atoms with Crippen LogP contribution in [0.3, 0.4) is 0 Å². The molecule has 0 aliphatic carbocycles. The molecule has 0 radical (unpaired) electrons. The van der Waals surface area contributed by atoms with Gasteiger partial charge in [0.15, 0.2) is 0 Å². The molecule has 0 unspecified atom stereocenters. The molecule has 0 amide bonds. The zero-order valence-electron chi connectivity index (χ0n) is 10.5. The van der Waals surface area contributed by atoms with Gasteiger partial charge in [-0.3, -0.25) is 0 Å². The van der Waals surface area contributed by atoms with E-state index in [1.165, 1.54) is 0 Å². The second-order valence-electron chi connectivity index (χ2n) is 3.76. The topological polar surface area (TPSA) is 55.4 Å². The number of nitrogens with one attached hydrogen (secondary N) is 1. The van der Waals surface area contributed by atoms with E-state index in [1.54, 1.807) is 6.92 Å². The highest BCUT2D eigenvalue weighted by molar-refractivity contribution is 7.89. The Morgan fingerprint density at radius 2 is 2.00 bits per heavy atom. The molecule has 1 N–H and O–H groups in total. The van der Waals surface area contributed by atoms with Crippen molar-refractivity contribution in [1.82, 2.24) is 4.72 Å². The van der Waals surface area contributed by atoms with E-state index in [0.29, 0.717) is 13.2 Å². The molecule has 96 valence electrons. The van der Waals surface area contributed by atoms with E-state index < -0.39 is 10.0 Å². The third-order valence-electron chi connectivity index (χ3n) is 2.42. The quantitative estimate of drug-likeness (QED) is 0.846. The van der Waals surface area contributed by atoms with Gasteiger partial charge in [-0.25, -0.2) is 13.1 Å². The minimum Gasteiger partial charge on any atom is -0.494 e. The van der Waals surface area contributed by atoms with Crippen molar-refractivity contribution in [1.29, 1.82) is 0 Å². The van der Waals surface area contributed by atoms with Crippen molar-refractivity contribution in [3.8, 4) is 5.75 Å². The number of ether oxygens (including phenoxy) is 1. The van der Waals surface area contributed by atoms with Crippen LogP contribution >= 0.6 is 0 Å². The summed E-state index contributed by atoms with van der Waals surface area (Å²) in [5.41, 5.74) is 1.95. The van der Waals surface area contributed by atoms with E-state index in [0.717, 1.165) is 16.9 Å². The Labute approximate surface area is 103 Å². The van der Waals surface area contributed by atoms with Crippen molar-refractivity contribution < 1.29 is 13.2 Å². The highest BCUT2D eigenvalue weighted by atomic mass is 32.2. The van der Waals surface area contributed by atoms with Crippen molar-refractivity contribution in [3.05, 3.63) is 29.3 Å². The molecule has 1 rings (SSSR count). The largest absolute Gasteiger partial charge is 0.494 e. The van der Waals surface area contributed by atoms with Gasteiger partial charge >= 0.3 is 0 Å². The van der Waals surface area contributed by atoms with Crippen LogP contribution in [-0.2, 0) is 16.6 Å². The summed E-state index contributed by atoms with van der Waals surface area (Å²) in [5, 5.41) is 0. The van der Waals surface area contributed by atoms with Crippen LogP contribution in [0.15, 0.2) is 18.2 Å². The lowest BCUT2D eigenvalue weighted by molar-refractivity contribution is 0.338. The maximum absolute atomic E-state index is 11.3. The molecular formula is C12H19NO3S. The fraction of sp³-hybridized carbons (Fsp3) is 0.500. The number of benzene rings is 1. The SMILES string of the molecule is CCOc1ccc(CNS(=O)(=O)CC)cc1C. The van der Waals surface area contributed by atoms with Gasteiger partial charge in [-0.2, -0.15) is 0 Å². The van der Waals surface area contributed by atoms with Crippen LogP contribution in [0.1, 0.15) is 25.0 Å². The number of sulfonamides is 1. The fourth-order valence-corrected chi connectivity index (χ4v) is 2.02. The predicted molar refractivity (Wildman–Crippen MR) is 68.6 cm³/mol. The van der Waals surface area contributed by atoms with Crippen LogP contribution in [0.5, 0.6) is 5.75 Å². The number of rotatable bonds is 6. The fourth-order valence-electron chi connectivity index (χ4n) is 1.43. The third kappa shape index (κ3) is 4.36. The molecule has 17 heavy (non-hydrogen) atoms. The lowest BCUT2D eigenvalue weighted by Gasteiger charge is -2.09. The Morgan fingerprint density at radius 1 is 1.29 bits per heavy atom. The summed E-state index contributed by atoms with van der Waals surface area (Å²) in [5.74, 6) is 0.942. The summed E-state index contributed by atoms with van der Waals surface area (Å²) in [7, 11) is -3.13. The normalized spacial score (nSPS) is 11.5. The second-order valence-corrected chi connectivity index (χ2v) is 5.85. The highest BCUT2D eigenvalue weighted by Crippen LogP contribution is 2.19. The monoisotopic (exact) mass is 257 g/mol. The lowest BCUT2D eigenvalue weighted by Crippen LogP contribution is -2.24.